The van der Waals surface area contributed by atoms with Gasteiger partial charge in [0.2, 0.25) is 0 Å². The van der Waals surface area contributed by atoms with E-state index in [4.69, 9.17) is 14.6 Å². The van der Waals surface area contributed by atoms with E-state index in [0.29, 0.717) is 6.42 Å². The first kappa shape index (κ1) is 14.8. The van der Waals surface area contributed by atoms with Crippen molar-refractivity contribution in [3.63, 3.8) is 0 Å². The summed E-state index contributed by atoms with van der Waals surface area (Å²) < 4.78 is 10.8. The zero-order chi connectivity index (χ0) is 13.2. The van der Waals surface area contributed by atoms with Crippen molar-refractivity contribution in [1.29, 1.82) is 0 Å². The Kier molecular flexibility index (Phi) is 4.88. The summed E-state index contributed by atoms with van der Waals surface area (Å²) in [6.07, 6.45) is -5.36. The molecule has 0 spiro atoms. The average Bonchev–Trinajstić information content (AvgIpc) is 2.30. The summed E-state index contributed by atoms with van der Waals surface area (Å²) in [7, 11) is 0. The Hall–Kier alpha value is -0.240. The summed E-state index contributed by atoms with van der Waals surface area (Å²) in [5.41, 5.74) is -0.520. The lowest BCUT2D eigenvalue weighted by atomic mass is 9.98. The van der Waals surface area contributed by atoms with Crippen LogP contribution >= 0.6 is 0 Å². The third-order valence-electron chi connectivity index (χ3n) is 3.14. The fourth-order valence-electron chi connectivity index (χ4n) is 1.56. The van der Waals surface area contributed by atoms with Crippen LogP contribution in [0.3, 0.4) is 0 Å². The number of ether oxygens (including phenoxy) is 2. The van der Waals surface area contributed by atoms with E-state index in [1.807, 2.05) is 20.8 Å². The molecule has 0 aromatic heterocycles. The molecule has 4 N–H and O–H groups in total. The molecule has 1 aliphatic rings. The SMILES string of the molecule is CCC(C)(C)O[C@@H]1O[C@H](CO)[C@@H](O)[C@H](O)[C@H]1O. The number of hydrogen-bond acceptors (Lipinski definition) is 6. The Morgan fingerprint density at radius 1 is 1.12 bits per heavy atom. The molecule has 0 bridgehead atoms. The van der Waals surface area contributed by atoms with Gasteiger partial charge in [0.1, 0.15) is 24.4 Å². The normalized spacial score (nSPS) is 39.4. The molecule has 6 nitrogen and oxygen atoms in total. The molecule has 5 atom stereocenters. The molecule has 17 heavy (non-hydrogen) atoms. The Balaban J connectivity index is 2.72. The van der Waals surface area contributed by atoms with E-state index in [-0.39, 0.29) is 0 Å². The molecule has 0 amide bonds. The average molecular weight is 250 g/mol. The quantitative estimate of drug-likeness (QED) is 0.510. The molecule has 1 fully saturated rings. The maximum absolute atomic E-state index is 9.74. The van der Waals surface area contributed by atoms with Gasteiger partial charge in [0.05, 0.1) is 12.2 Å². The van der Waals surface area contributed by atoms with Gasteiger partial charge < -0.3 is 29.9 Å². The second-order valence-electron chi connectivity index (χ2n) is 4.93. The number of hydrogen-bond donors (Lipinski definition) is 4. The smallest absolute Gasteiger partial charge is 0.187 e. The molecule has 0 saturated carbocycles. The predicted octanol–water partition coefficient (Wildman–Crippen LogP) is -1.01. The van der Waals surface area contributed by atoms with Gasteiger partial charge in [-0.1, -0.05) is 6.92 Å². The van der Waals surface area contributed by atoms with E-state index < -0.39 is 42.9 Å². The van der Waals surface area contributed by atoms with Crippen molar-refractivity contribution in [3.05, 3.63) is 0 Å². The van der Waals surface area contributed by atoms with Crippen LogP contribution < -0.4 is 0 Å². The van der Waals surface area contributed by atoms with Gasteiger partial charge in [0.25, 0.3) is 0 Å². The van der Waals surface area contributed by atoms with Crippen LogP contribution in [0.15, 0.2) is 0 Å². The first-order valence-electron chi connectivity index (χ1n) is 5.80. The summed E-state index contributed by atoms with van der Waals surface area (Å²) in [6.45, 7) is 5.13. The van der Waals surface area contributed by atoms with Crippen LogP contribution in [0.4, 0.5) is 0 Å². The zero-order valence-electron chi connectivity index (χ0n) is 10.4. The molecule has 0 aliphatic carbocycles. The van der Waals surface area contributed by atoms with Crippen molar-refractivity contribution in [2.75, 3.05) is 6.61 Å². The summed E-state index contributed by atoms with van der Waals surface area (Å²) in [5, 5.41) is 37.9. The van der Waals surface area contributed by atoms with E-state index in [0.717, 1.165) is 0 Å². The molecular weight excluding hydrogens is 228 g/mol. The summed E-state index contributed by atoms with van der Waals surface area (Å²) in [5.74, 6) is 0. The highest BCUT2D eigenvalue weighted by molar-refractivity contribution is 4.89. The summed E-state index contributed by atoms with van der Waals surface area (Å²) in [6, 6.07) is 0. The second kappa shape index (κ2) is 5.60. The highest BCUT2D eigenvalue weighted by Crippen LogP contribution is 2.26. The number of rotatable bonds is 4. The molecule has 0 radical (unpaired) electrons. The van der Waals surface area contributed by atoms with Crippen LogP contribution in [0, 0.1) is 0 Å². The highest BCUT2D eigenvalue weighted by Gasteiger charge is 2.45. The molecule has 0 aromatic carbocycles. The van der Waals surface area contributed by atoms with Gasteiger partial charge in [-0.2, -0.15) is 0 Å². The van der Waals surface area contributed by atoms with Gasteiger partial charge in [-0.25, -0.2) is 0 Å². The lowest BCUT2D eigenvalue weighted by Crippen LogP contribution is -2.60. The second-order valence-corrected chi connectivity index (χ2v) is 4.93. The Morgan fingerprint density at radius 2 is 1.71 bits per heavy atom. The molecule has 0 aromatic rings. The van der Waals surface area contributed by atoms with E-state index in [1.54, 1.807) is 0 Å². The first-order chi connectivity index (χ1) is 7.82. The molecule has 102 valence electrons. The predicted molar refractivity (Wildman–Crippen MR) is 59.2 cm³/mol. The topological polar surface area (TPSA) is 99.4 Å². The lowest BCUT2D eigenvalue weighted by molar-refractivity contribution is -0.323. The van der Waals surface area contributed by atoms with Crippen molar-refractivity contribution in [2.24, 2.45) is 0 Å². The van der Waals surface area contributed by atoms with Crippen molar-refractivity contribution in [3.8, 4) is 0 Å². The summed E-state index contributed by atoms with van der Waals surface area (Å²) in [4.78, 5) is 0. The largest absolute Gasteiger partial charge is 0.394 e. The monoisotopic (exact) mass is 250 g/mol. The van der Waals surface area contributed by atoms with E-state index in [9.17, 15) is 15.3 Å². The van der Waals surface area contributed by atoms with Crippen LogP contribution in [0.25, 0.3) is 0 Å². The van der Waals surface area contributed by atoms with Crippen molar-refractivity contribution in [2.45, 2.75) is 63.5 Å². The molecular formula is C11H22O6. The van der Waals surface area contributed by atoms with E-state index in [2.05, 4.69) is 0 Å². The molecule has 6 heteroatoms. The van der Waals surface area contributed by atoms with Gasteiger partial charge in [0, 0.05) is 0 Å². The lowest BCUT2D eigenvalue weighted by Gasteiger charge is -2.42. The minimum Gasteiger partial charge on any atom is -0.394 e. The molecule has 0 unspecified atom stereocenters. The number of aliphatic hydroxyl groups excluding tert-OH is 4. The maximum atomic E-state index is 9.74. The standard InChI is InChI=1S/C11H22O6/c1-4-11(2,3)17-10-9(15)8(14)7(13)6(5-12)16-10/h6-10,12-15H,4-5H2,1-3H3/t6-,7-,8+,9-,10+/m1/s1. The number of aliphatic hydroxyl groups is 4. The van der Waals surface area contributed by atoms with Gasteiger partial charge >= 0.3 is 0 Å². The minimum absolute atomic E-state index is 0.447. The van der Waals surface area contributed by atoms with Crippen LogP contribution in [0.2, 0.25) is 0 Å². The fraction of sp³-hybridized carbons (Fsp3) is 1.00. The van der Waals surface area contributed by atoms with Crippen LogP contribution in [0.1, 0.15) is 27.2 Å². The third-order valence-corrected chi connectivity index (χ3v) is 3.14. The highest BCUT2D eigenvalue weighted by atomic mass is 16.7. The molecule has 1 rings (SSSR count). The van der Waals surface area contributed by atoms with Gasteiger partial charge in [-0.05, 0) is 20.3 Å². The van der Waals surface area contributed by atoms with Crippen molar-refractivity contribution >= 4 is 0 Å². The Bertz CT molecular complexity index is 242. The van der Waals surface area contributed by atoms with Gasteiger partial charge in [-0.3, -0.25) is 0 Å². The van der Waals surface area contributed by atoms with E-state index in [1.165, 1.54) is 0 Å². The third kappa shape index (κ3) is 3.37. The maximum Gasteiger partial charge on any atom is 0.187 e. The van der Waals surface area contributed by atoms with Crippen LogP contribution in [-0.4, -0.2) is 63.3 Å². The van der Waals surface area contributed by atoms with Gasteiger partial charge in [-0.15, -0.1) is 0 Å². The van der Waals surface area contributed by atoms with Crippen LogP contribution in [-0.2, 0) is 9.47 Å². The van der Waals surface area contributed by atoms with E-state index >= 15 is 0 Å². The van der Waals surface area contributed by atoms with Crippen LogP contribution in [0.5, 0.6) is 0 Å². The minimum atomic E-state index is -1.39. The zero-order valence-corrected chi connectivity index (χ0v) is 10.4. The Morgan fingerprint density at radius 3 is 2.18 bits per heavy atom. The van der Waals surface area contributed by atoms with Crippen molar-refractivity contribution < 1.29 is 29.9 Å². The first-order valence-corrected chi connectivity index (χ1v) is 5.80. The van der Waals surface area contributed by atoms with Crippen molar-refractivity contribution in [1.82, 2.24) is 0 Å². The fourth-order valence-corrected chi connectivity index (χ4v) is 1.56. The summed E-state index contributed by atoms with van der Waals surface area (Å²) >= 11 is 0. The molecule has 1 aliphatic heterocycles. The molecule has 1 heterocycles. The Labute approximate surface area is 101 Å². The van der Waals surface area contributed by atoms with Gasteiger partial charge in [0.15, 0.2) is 6.29 Å². The molecule has 1 saturated heterocycles.